The highest BCUT2D eigenvalue weighted by molar-refractivity contribution is 6.32. The lowest BCUT2D eigenvalue weighted by Crippen LogP contribution is -2.05. The molecule has 0 bridgehead atoms. The van der Waals surface area contributed by atoms with Gasteiger partial charge in [-0.15, -0.1) is 0 Å². The van der Waals surface area contributed by atoms with Crippen LogP contribution in [-0.4, -0.2) is 13.7 Å². The van der Waals surface area contributed by atoms with Crippen LogP contribution in [-0.2, 0) is 6.54 Å². The molecule has 88 valence electrons. The van der Waals surface area contributed by atoms with Crippen molar-refractivity contribution in [2.75, 3.05) is 13.7 Å². The van der Waals surface area contributed by atoms with Crippen LogP contribution in [0.4, 0.5) is 0 Å². The molecule has 1 N–H and O–H groups in total. The minimum Gasteiger partial charge on any atom is -0.492 e. The largest absolute Gasteiger partial charge is 0.492 e. The van der Waals surface area contributed by atoms with Crippen molar-refractivity contribution in [1.82, 2.24) is 5.32 Å². The summed E-state index contributed by atoms with van der Waals surface area (Å²) in [7, 11) is 1.92. The van der Waals surface area contributed by atoms with E-state index in [1.165, 1.54) is 18.4 Å². The Bertz CT molecular complexity index is 350. The number of rotatable bonds is 6. The van der Waals surface area contributed by atoms with Crippen molar-refractivity contribution in [2.45, 2.75) is 25.8 Å². The molecular weight excluding hydrogens is 222 g/mol. The van der Waals surface area contributed by atoms with E-state index in [1.807, 2.05) is 19.2 Å². The molecule has 1 aromatic carbocycles. The molecule has 1 saturated carbocycles. The van der Waals surface area contributed by atoms with E-state index in [0.29, 0.717) is 5.02 Å². The number of halogens is 1. The highest BCUT2D eigenvalue weighted by atomic mass is 35.5. The molecule has 0 unspecified atom stereocenters. The molecule has 0 aliphatic heterocycles. The van der Waals surface area contributed by atoms with E-state index in [4.69, 9.17) is 16.3 Å². The predicted octanol–water partition coefficient (Wildman–Crippen LogP) is 3.24. The summed E-state index contributed by atoms with van der Waals surface area (Å²) < 4.78 is 5.67. The Kier molecular flexibility index (Phi) is 4.08. The van der Waals surface area contributed by atoms with Crippen molar-refractivity contribution in [1.29, 1.82) is 0 Å². The van der Waals surface area contributed by atoms with Gasteiger partial charge in [-0.3, -0.25) is 0 Å². The number of hydrogen-bond donors (Lipinski definition) is 1. The van der Waals surface area contributed by atoms with E-state index in [-0.39, 0.29) is 0 Å². The molecule has 3 heteroatoms. The summed E-state index contributed by atoms with van der Waals surface area (Å²) in [5, 5.41) is 3.81. The highest BCUT2D eigenvalue weighted by Crippen LogP contribution is 2.33. The Labute approximate surface area is 102 Å². The molecule has 0 amide bonds. The van der Waals surface area contributed by atoms with E-state index < -0.39 is 0 Å². The van der Waals surface area contributed by atoms with E-state index in [0.717, 1.165) is 31.2 Å². The fourth-order valence-corrected chi connectivity index (χ4v) is 1.98. The highest BCUT2D eigenvalue weighted by Gasteiger charge is 2.20. The van der Waals surface area contributed by atoms with Crippen LogP contribution in [0.2, 0.25) is 5.02 Å². The van der Waals surface area contributed by atoms with Gasteiger partial charge in [0.25, 0.3) is 0 Å². The van der Waals surface area contributed by atoms with E-state index in [9.17, 15) is 0 Å². The fraction of sp³-hybridized carbons (Fsp3) is 0.538. The van der Waals surface area contributed by atoms with Gasteiger partial charge in [0.2, 0.25) is 0 Å². The summed E-state index contributed by atoms with van der Waals surface area (Å²) in [5.41, 5.74) is 1.18. The van der Waals surface area contributed by atoms with Gasteiger partial charge in [-0.2, -0.15) is 0 Å². The summed E-state index contributed by atoms with van der Waals surface area (Å²) in [6.45, 7) is 1.62. The normalized spacial score (nSPS) is 15.1. The molecule has 1 aromatic rings. The maximum atomic E-state index is 6.14. The van der Waals surface area contributed by atoms with Gasteiger partial charge in [0.1, 0.15) is 5.75 Å². The van der Waals surface area contributed by atoms with Crippen LogP contribution in [0.25, 0.3) is 0 Å². The van der Waals surface area contributed by atoms with E-state index in [1.54, 1.807) is 0 Å². The minimum atomic E-state index is 0.712. The molecule has 0 aromatic heterocycles. The first kappa shape index (κ1) is 11.7. The van der Waals surface area contributed by atoms with Crippen molar-refractivity contribution >= 4 is 11.6 Å². The first-order valence-electron chi connectivity index (χ1n) is 5.85. The molecule has 2 rings (SSSR count). The fourth-order valence-electron chi connectivity index (χ4n) is 1.72. The second kappa shape index (κ2) is 5.55. The van der Waals surface area contributed by atoms with Crippen molar-refractivity contribution in [2.24, 2.45) is 5.92 Å². The number of hydrogen-bond acceptors (Lipinski definition) is 2. The van der Waals surface area contributed by atoms with Crippen molar-refractivity contribution < 1.29 is 4.74 Å². The summed E-state index contributed by atoms with van der Waals surface area (Å²) in [4.78, 5) is 0. The molecule has 0 heterocycles. The molecule has 1 aliphatic carbocycles. The molecule has 1 aliphatic rings. The molecule has 0 spiro atoms. The second-order valence-corrected chi connectivity index (χ2v) is 4.78. The SMILES string of the molecule is CNCc1ccc(OCCC2CC2)c(Cl)c1. The lowest BCUT2D eigenvalue weighted by molar-refractivity contribution is 0.302. The Balaban J connectivity index is 1.87. The summed E-state index contributed by atoms with van der Waals surface area (Å²) >= 11 is 6.14. The molecule has 2 nitrogen and oxygen atoms in total. The van der Waals surface area contributed by atoms with Crippen molar-refractivity contribution in [3.8, 4) is 5.75 Å². The molecular formula is C13H18ClNO. The Morgan fingerprint density at radius 1 is 1.44 bits per heavy atom. The predicted molar refractivity (Wildman–Crippen MR) is 67.1 cm³/mol. The lowest BCUT2D eigenvalue weighted by Gasteiger charge is -2.09. The summed E-state index contributed by atoms with van der Waals surface area (Å²) in [5.74, 6) is 1.71. The Hall–Kier alpha value is -0.730. The quantitative estimate of drug-likeness (QED) is 0.823. The zero-order valence-corrected chi connectivity index (χ0v) is 10.4. The first-order chi connectivity index (χ1) is 7.79. The average Bonchev–Trinajstić information content (AvgIpc) is 3.06. The smallest absolute Gasteiger partial charge is 0.137 e. The van der Waals surface area contributed by atoms with Crippen LogP contribution >= 0.6 is 11.6 Å². The maximum Gasteiger partial charge on any atom is 0.137 e. The number of nitrogens with one attached hydrogen (secondary N) is 1. The third kappa shape index (κ3) is 3.39. The monoisotopic (exact) mass is 239 g/mol. The topological polar surface area (TPSA) is 21.3 Å². The van der Waals surface area contributed by atoms with Gasteiger partial charge in [-0.05, 0) is 37.1 Å². The first-order valence-corrected chi connectivity index (χ1v) is 6.23. The second-order valence-electron chi connectivity index (χ2n) is 4.38. The zero-order chi connectivity index (χ0) is 11.4. The summed E-state index contributed by atoms with van der Waals surface area (Å²) in [6, 6.07) is 5.97. The third-order valence-electron chi connectivity index (χ3n) is 2.86. The molecule has 0 radical (unpaired) electrons. The van der Waals surface area contributed by atoms with Gasteiger partial charge in [0.15, 0.2) is 0 Å². The van der Waals surface area contributed by atoms with E-state index in [2.05, 4.69) is 11.4 Å². The van der Waals surface area contributed by atoms with Gasteiger partial charge < -0.3 is 10.1 Å². The van der Waals surface area contributed by atoms with E-state index >= 15 is 0 Å². The van der Waals surface area contributed by atoms with Gasteiger partial charge >= 0.3 is 0 Å². The maximum absolute atomic E-state index is 6.14. The van der Waals surface area contributed by atoms with Crippen LogP contribution in [0.5, 0.6) is 5.75 Å². The van der Waals surface area contributed by atoms with Gasteiger partial charge in [0, 0.05) is 6.54 Å². The number of ether oxygens (including phenoxy) is 1. The van der Waals surface area contributed by atoms with Crippen LogP contribution < -0.4 is 10.1 Å². The third-order valence-corrected chi connectivity index (χ3v) is 3.15. The van der Waals surface area contributed by atoms with Crippen molar-refractivity contribution in [3.05, 3.63) is 28.8 Å². The standard InChI is InChI=1S/C13H18ClNO/c1-15-9-11-4-5-13(12(14)8-11)16-7-6-10-2-3-10/h4-5,8,10,15H,2-3,6-7,9H2,1H3. The van der Waals surface area contributed by atoms with Gasteiger partial charge in [-0.25, -0.2) is 0 Å². The molecule has 0 saturated heterocycles. The zero-order valence-electron chi connectivity index (χ0n) is 9.63. The van der Waals surface area contributed by atoms with Crippen LogP contribution in [0.15, 0.2) is 18.2 Å². The minimum absolute atomic E-state index is 0.712. The molecule has 16 heavy (non-hydrogen) atoms. The molecule has 0 atom stereocenters. The van der Waals surface area contributed by atoms with Gasteiger partial charge in [-0.1, -0.05) is 30.5 Å². The van der Waals surface area contributed by atoms with Crippen LogP contribution in [0.1, 0.15) is 24.8 Å². The van der Waals surface area contributed by atoms with Crippen molar-refractivity contribution in [3.63, 3.8) is 0 Å². The lowest BCUT2D eigenvalue weighted by atomic mass is 10.2. The van der Waals surface area contributed by atoms with Gasteiger partial charge in [0.05, 0.1) is 11.6 Å². The molecule has 1 fully saturated rings. The average molecular weight is 240 g/mol. The Morgan fingerprint density at radius 2 is 2.25 bits per heavy atom. The van der Waals surface area contributed by atoms with Crippen LogP contribution in [0, 0.1) is 5.92 Å². The van der Waals surface area contributed by atoms with Crippen LogP contribution in [0.3, 0.4) is 0 Å². The summed E-state index contributed by atoms with van der Waals surface area (Å²) in [6.07, 6.45) is 3.91. The Morgan fingerprint density at radius 3 is 2.88 bits per heavy atom. The number of benzene rings is 1.